The molecule has 174 valence electrons. The minimum Gasteiger partial charge on any atom is -0.496 e. The molecule has 0 bridgehead atoms. The van der Waals surface area contributed by atoms with Gasteiger partial charge in [-0.05, 0) is 69.7 Å². The highest BCUT2D eigenvalue weighted by Gasteiger charge is 2.25. The summed E-state index contributed by atoms with van der Waals surface area (Å²) in [5.41, 5.74) is 4.66. The van der Waals surface area contributed by atoms with Crippen LogP contribution in [0.15, 0.2) is 91.0 Å². The van der Waals surface area contributed by atoms with Crippen LogP contribution in [0.2, 0.25) is 0 Å². The van der Waals surface area contributed by atoms with E-state index in [2.05, 4.69) is 91.0 Å². The van der Waals surface area contributed by atoms with E-state index in [1.807, 2.05) is 0 Å². The fourth-order valence-electron chi connectivity index (χ4n) is 5.60. The molecular weight excluding hydrogens is 447 g/mol. The highest BCUT2D eigenvalue weighted by Crippen LogP contribution is 2.51. The number of benzene rings is 5. The van der Waals surface area contributed by atoms with Gasteiger partial charge in [-0.3, -0.25) is 0 Å². The zero-order valence-electron chi connectivity index (χ0n) is 20.3. The Morgan fingerprint density at radius 1 is 0.600 bits per heavy atom. The first-order valence-corrected chi connectivity index (χ1v) is 14.0. The number of rotatable bonds is 5. The van der Waals surface area contributed by atoms with Gasteiger partial charge in [0.1, 0.15) is 11.5 Å². The van der Waals surface area contributed by atoms with E-state index in [0.717, 1.165) is 22.6 Å². The van der Waals surface area contributed by atoms with Gasteiger partial charge in [-0.25, -0.2) is 0 Å². The SMILES string of the molecule is COc1ccc2ccccc2c1-c1c(OC)c(-c2ccccc2P2CCCC2)cc2ccccc12. The van der Waals surface area contributed by atoms with Gasteiger partial charge in [-0.2, -0.15) is 0 Å². The maximum absolute atomic E-state index is 6.31. The van der Waals surface area contributed by atoms with Crippen molar-refractivity contribution in [3.05, 3.63) is 91.0 Å². The van der Waals surface area contributed by atoms with Crippen molar-refractivity contribution >= 4 is 34.8 Å². The molecule has 0 aromatic heterocycles. The van der Waals surface area contributed by atoms with Crippen molar-refractivity contribution in [1.82, 2.24) is 0 Å². The van der Waals surface area contributed by atoms with Crippen LogP contribution in [0.4, 0.5) is 0 Å². The van der Waals surface area contributed by atoms with Crippen molar-refractivity contribution in [2.75, 3.05) is 26.5 Å². The minimum atomic E-state index is -0.127. The fourth-order valence-corrected chi connectivity index (χ4v) is 8.35. The molecule has 1 fully saturated rings. The van der Waals surface area contributed by atoms with Crippen LogP contribution in [-0.4, -0.2) is 26.5 Å². The molecular formula is C32H29O2P. The Labute approximate surface area is 208 Å². The summed E-state index contributed by atoms with van der Waals surface area (Å²) in [7, 11) is 3.43. The molecule has 1 heterocycles. The predicted octanol–water partition coefficient (Wildman–Crippen LogP) is 8.25. The van der Waals surface area contributed by atoms with E-state index in [1.54, 1.807) is 14.2 Å². The van der Waals surface area contributed by atoms with Crippen LogP contribution in [0.1, 0.15) is 12.8 Å². The summed E-state index contributed by atoms with van der Waals surface area (Å²) in [6, 6.07) is 32.7. The zero-order chi connectivity index (χ0) is 23.8. The Bertz CT molecular complexity index is 1530. The average molecular weight is 477 g/mol. The van der Waals surface area contributed by atoms with Crippen LogP contribution in [0.5, 0.6) is 11.5 Å². The molecule has 3 heteroatoms. The third-order valence-electron chi connectivity index (χ3n) is 7.21. The van der Waals surface area contributed by atoms with Crippen molar-refractivity contribution < 1.29 is 9.47 Å². The molecule has 1 saturated heterocycles. The monoisotopic (exact) mass is 476 g/mol. The van der Waals surface area contributed by atoms with Crippen LogP contribution >= 0.6 is 7.92 Å². The van der Waals surface area contributed by atoms with E-state index >= 15 is 0 Å². The van der Waals surface area contributed by atoms with Gasteiger partial charge >= 0.3 is 0 Å². The van der Waals surface area contributed by atoms with Crippen LogP contribution in [-0.2, 0) is 0 Å². The van der Waals surface area contributed by atoms with Crippen LogP contribution in [0, 0.1) is 0 Å². The first kappa shape index (κ1) is 22.1. The largest absolute Gasteiger partial charge is 0.496 e. The van der Waals surface area contributed by atoms with E-state index in [4.69, 9.17) is 9.47 Å². The smallest absolute Gasteiger partial charge is 0.135 e. The molecule has 0 N–H and O–H groups in total. The summed E-state index contributed by atoms with van der Waals surface area (Å²) >= 11 is 0. The first-order chi connectivity index (χ1) is 17.3. The molecule has 0 atom stereocenters. The van der Waals surface area contributed by atoms with E-state index in [0.29, 0.717) is 0 Å². The molecule has 5 aromatic carbocycles. The summed E-state index contributed by atoms with van der Waals surface area (Å²) in [6.07, 6.45) is 5.33. The molecule has 0 saturated carbocycles. The molecule has 0 radical (unpaired) electrons. The summed E-state index contributed by atoms with van der Waals surface area (Å²) in [4.78, 5) is 0. The molecule has 6 rings (SSSR count). The lowest BCUT2D eigenvalue weighted by Crippen LogP contribution is -2.07. The van der Waals surface area contributed by atoms with Crippen molar-refractivity contribution in [3.8, 4) is 33.8 Å². The highest BCUT2D eigenvalue weighted by molar-refractivity contribution is 7.66. The predicted molar refractivity (Wildman–Crippen MR) is 151 cm³/mol. The topological polar surface area (TPSA) is 18.5 Å². The molecule has 0 unspecified atom stereocenters. The van der Waals surface area contributed by atoms with Gasteiger partial charge in [0.15, 0.2) is 0 Å². The Kier molecular flexibility index (Phi) is 5.92. The quantitative estimate of drug-likeness (QED) is 0.238. The number of hydrogen-bond donors (Lipinski definition) is 0. The van der Waals surface area contributed by atoms with E-state index in [1.165, 1.54) is 63.1 Å². The van der Waals surface area contributed by atoms with Gasteiger partial charge in [0.05, 0.1) is 14.2 Å². The summed E-state index contributed by atoms with van der Waals surface area (Å²) in [6.45, 7) is 0. The lowest BCUT2D eigenvalue weighted by Gasteiger charge is -2.23. The van der Waals surface area contributed by atoms with Gasteiger partial charge in [-0.15, -0.1) is 0 Å². The molecule has 5 aromatic rings. The van der Waals surface area contributed by atoms with Gasteiger partial charge in [0, 0.05) is 16.7 Å². The van der Waals surface area contributed by atoms with Gasteiger partial charge in [-0.1, -0.05) is 86.8 Å². The molecule has 1 aliphatic rings. The van der Waals surface area contributed by atoms with E-state index in [9.17, 15) is 0 Å². The maximum Gasteiger partial charge on any atom is 0.135 e. The Balaban J connectivity index is 1.74. The zero-order valence-corrected chi connectivity index (χ0v) is 21.1. The number of methoxy groups -OCH3 is 2. The fraction of sp³-hybridized carbons (Fsp3) is 0.188. The van der Waals surface area contributed by atoms with Crippen molar-refractivity contribution in [1.29, 1.82) is 0 Å². The minimum absolute atomic E-state index is 0.127. The molecule has 2 nitrogen and oxygen atoms in total. The standard InChI is InChI=1S/C32H29O2P/c1-33-28-18-17-22-11-3-5-13-24(22)30(28)31-25-14-6-4-12-23(25)21-27(32(31)34-2)26-15-7-8-16-29(26)35-19-9-10-20-35/h3-8,11-18,21H,9-10,19-20H2,1-2H3. The number of ether oxygens (including phenoxy) is 2. The Morgan fingerprint density at radius 2 is 1.26 bits per heavy atom. The normalized spacial score (nSPS) is 14.0. The Hall–Kier alpha value is -3.35. The summed E-state index contributed by atoms with van der Waals surface area (Å²) in [5.74, 6) is 1.78. The van der Waals surface area contributed by atoms with Crippen LogP contribution in [0.25, 0.3) is 43.8 Å². The molecule has 1 aliphatic heterocycles. The molecule has 0 aliphatic carbocycles. The second-order valence-corrected chi connectivity index (χ2v) is 11.6. The van der Waals surface area contributed by atoms with E-state index in [-0.39, 0.29) is 7.92 Å². The van der Waals surface area contributed by atoms with E-state index < -0.39 is 0 Å². The second-order valence-electron chi connectivity index (χ2n) is 9.13. The molecule has 35 heavy (non-hydrogen) atoms. The third-order valence-corrected chi connectivity index (χ3v) is 9.99. The summed E-state index contributed by atoms with van der Waals surface area (Å²) in [5, 5.41) is 6.24. The van der Waals surface area contributed by atoms with Gasteiger partial charge < -0.3 is 9.47 Å². The maximum atomic E-state index is 6.31. The molecule has 0 spiro atoms. The Morgan fingerprint density at radius 3 is 2.00 bits per heavy atom. The third kappa shape index (κ3) is 3.77. The molecule has 0 amide bonds. The lowest BCUT2D eigenvalue weighted by atomic mass is 9.88. The summed E-state index contributed by atoms with van der Waals surface area (Å²) < 4.78 is 12.3. The average Bonchev–Trinajstić information content (AvgIpc) is 3.46. The van der Waals surface area contributed by atoms with Crippen molar-refractivity contribution in [2.24, 2.45) is 0 Å². The van der Waals surface area contributed by atoms with Crippen molar-refractivity contribution in [2.45, 2.75) is 12.8 Å². The van der Waals surface area contributed by atoms with Crippen molar-refractivity contribution in [3.63, 3.8) is 0 Å². The number of hydrogen-bond acceptors (Lipinski definition) is 2. The van der Waals surface area contributed by atoms with Gasteiger partial charge in [0.25, 0.3) is 0 Å². The first-order valence-electron chi connectivity index (χ1n) is 12.3. The second kappa shape index (κ2) is 9.36. The van der Waals surface area contributed by atoms with Crippen LogP contribution < -0.4 is 14.8 Å². The lowest BCUT2D eigenvalue weighted by molar-refractivity contribution is 0.412. The van der Waals surface area contributed by atoms with Crippen LogP contribution in [0.3, 0.4) is 0 Å². The van der Waals surface area contributed by atoms with Gasteiger partial charge in [0.2, 0.25) is 0 Å². The number of fused-ring (bicyclic) bond motifs is 2. The highest BCUT2D eigenvalue weighted by atomic mass is 31.1.